The molecule has 1 aliphatic rings. The van der Waals surface area contributed by atoms with Crippen LogP contribution in [0.15, 0.2) is 30.3 Å². The molecule has 174 valence electrons. The Morgan fingerprint density at radius 3 is 2.42 bits per heavy atom. The van der Waals surface area contributed by atoms with Crippen LogP contribution in [0.4, 0.5) is 0 Å². The van der Waals surface area contributed by atoms with E-state index >= 15 is 0 Å². The van der Waals surface area contributed by atoms with Gasteiger partial charge in [-0.2, -0.15) is 0 Å². The molecule has 1 saturated carbocycles. The standard InChI is InChI=1S/C24H24Cl2N2O5/c25-17-12-18-15(11-19(28-18)24(31)32)21(26)22(17)33-14-8-9-20(29)16(10-14)23(30)27-13-6-4-2-1-3-5-7-13/h8-13,28-29H,1-7H2,(H,27,30)(H,31,32). The summed E-state index contributed by atoms with van der Waals surface area (Å²) < 4.78 is 5.87. The molecule has 9 heteroatoms. The van der Waals surface area contributed by atoms with E-state index in [0.717, 1.165) is 25.7 Å². The van der Waals surface area contributed by atoms with Crippen molar-refractivity contribution in [2.24, 2.45) is 0 Å². The molecule has 0 bridgehead atoms. The van der Waals surface area contributed by atoms with Crippen molar-refractivity contribution >= 4 is 46.0 Å². The van der Waals surface area contributed by atoms with Crippen molar-refractivity contribution in [1.82, 2.24) is 10.3 Å². The zero-order chi connectivity index (χ0) is 23.5. The molecule has 1 amide bonds. The Balaban J connectivity index is 1.58. The fraction of sp³-hybridized carbons (Fsp3) is 0.333. The summed E-state index contributed by atoms with van der Waals surface area (Å²) in [6, 6.07) is 7.30. The number of aromatic carboxylic acids is 1. The van der Waals surface area contributed by atoms with Gasteiger partial charge in [0.25, 0.3) is 5.91 Å². The summed E-state index contributed by atoms with van der Waals surface area (Å²) in [7, 11) is 0. The molecule has 7 nitrogen and oxygen atoms in total. The van der Waals surface area contributed by atoms with Gasteiger partial charge >= 0.3 is 5.97 Å². The van der Waals surface area contributed by atoms with Crippen molar-refractivity contribution in [1.29, 1.82) is 0 Å². The van der Waals surface area contributed by atoms with E-state index in [0.29, 0.717) is 10.9 Å². The number of halogens is 2. The minimum absolute atomic E-state index is 0.0297. The van der Waals surface area contributed by atoms with Gasteiger partial charge in [-0.15, -0.1) is 0 Å². The Morgan fingerprint density at radius 1 is 1.03 bits per heavy atom. The third-order valence-corrected chi connectivity index (χ3v) is 6.53. The summed E-state index contributed by atoms with van der Waals surface area (Å²) in [4.78, 5) is 26.9. The molecular formula is C24H24Cl2N2O5. The molecule has 1 aromatic heterocycles. The lowest BCUT2D eigenvalue weighted by Gasteiger charge is -2.21. The normalized spacial score (nSPS) is 15.1. The molecule has 0 unspecified atom stereocenters. The number of amides is 1. The third kappa shape index (κ3) is 5.20. The first-order chi connectivity index (χ1) is 15.8. The number of aromatic amines is 1. The van der Waals surface area contributed by atoms with E-state index < -0.39 is 5.97 Å². The topological polar surface area (TPSA) is 112 Å². The molecule has 0 saturated heterocycles. The predicted octanol–water partition coefficient (Wildman–Crippen LogP) is 6.51. The number of carbonyl (C=O) groups excluding carboxylic acids is 1. The lowest BCUT2D eigenvalue weighted by Crippen LogP contribution is -2.35. The first kappa shape index (κ1) is 23.3. The second kappa shape index (κ2) is 9.93. The lowest BCUT2D eigenvalue weighted by molar-refractivity contribution is 0.0691. The maximum atomic E-state index is 12.9. The molecule has 4 N–H and O–H groups in total. The number of nitrogens with one attached hydrogen (secondary N) is 2. The number of hydrogen-bond acceptors (Lipinski definition) is 4. The van der Waals surface area contributed by atoms with E-state index in [2.05, 4.69) is 10.3 Å². The second-order valence-corrected chi connectivity index (χ2v) is 9.03. The molecule has 1 heterocycles. The molecular weight excluding hydrogens is 467 g/mol. The van der Waals surface area contributed by atoms with Gasteiger partial charge in [-0.3, -0.25) is 4.79 Å². The molecule has 0 spiro atoms. The number of ether oxygens (including phenoxy) is 1. The number of fused-ring (bicyclic) bond motifs is 1. The number of carboxylic acid groups (broad SMARTS) is 1. The summed E-state index contributed by atoms with van der Waals surface area (Å²) in [5.74, 6) is -1.27. The van der Waals surface area contributed by atoms with Crippen LogP contribution in [0.3, 0.4) is 0 Å². The van der Waals surface area contributed by atoms with Gasteiger partial charge in [0.15, 0.2) is 5.75 Å². The highest BCUT2D eigenvalue weighted by Gasteiger charge is 2.21. The van der Waals surface area contributed by atoms with Crippen molar-refractivity contribution in [3.63, 3.8) is 0 Å². The Kier molecular flexibility index (Phi) is 7.00. The summed E-state index contributed by atoms with van der Waals surface area (Å²) in [6.45, 7) is 0. The fourth-order valence-corrected chi connectivity index (χ4v) is 4.72. The highest BCUT2D eigenvalue weighted by atomic mass is 35.5. The molecule has 0 atom stereocenters. The van der Waals surface area contributed by atoms with Gasteiger partial charge in [0.1, 0.15) is 17.2 Å². The van der Waals surface area contributed by atoms with Crippen LogP contribution in [0.25, 0.3) is 10.9 Å². The van der Waals surface area contributed by atoms with Gasteiger partial charge in [0.2, 0.25) is 0 Å². The number of aromatic hydroxyl groups is 1. The molecule has 2 aromatic carbocycles. The summed E-state index contributed by atoms with van der Waals surface area (Å²) in [5.41, 5.74) is 0.523. The SMILES string of the molecule is O=C(O)c1cc2c(Cl)c(Oc3ccc(O)c(C(=O)NC4CCCCCCC4)c3)c(Cl)cc2[nH]1. The zero-order valence-electron chi connectivity index (χ0n) is 17.8. The van der Waals surface area contributed by atoms with Crippen molar-refractivity contribution in [2.45, 2.75) is 51.0 Å². The van der Waals surface area contributed by atoms with E-state index in [1.165, 1.54) is 49.6 Å². The van der Waals surface area contributed by atoms with Gasteiger partial charge in [-0.25, -0.2) is 4.79 Å². The van der Waals surface area contributed by atoms with Crippen molar-refractivity contribution in [2.75, 3.05) is 0 Å². The molecule has 1 aliphatic carbocycles. The van der Waals surface area contributed by atoms with Gasteiger partial charge < -0.3 is 25.3 Å². The number of phenolic OH excluding ortho intramolecular Hbond substituents is 1. The van der Waals surface area contributed by atoms with Crippen LogP contribution in [0.2, 0.25) is 10.0 Å². The first-order valence-corrected chi connectivity index (χ1v) is 11.6. The van der Waals surface area contributed by atoms with Crippen LogP contribution in [-0.2, 0) is 0 Å². The van der Waals surface area contributed by atoms with Crippen LogP contribution >= 0.6 is 23.2 Å². The van der Waals surface area contributed by atoms with Gasteiger partial charge in [-0.1, -0.05) is 55.3 Å². The number of benzene rings is 2. The van der Waals surface area contributed by atoms with E-state index in [1.807, 2.05) is 0 Å². The lowest BCUT2D eigenvalue weighted by atomic mass is 9.96. The minimum Gasteiger partial charge on any atom is -0.507 e. The van der Waals surface area contributed by atoms with E-state index in [9.17, 15) is 19.8 Å². The summed E-state index contributed by atoms with van der Waals surface area (Å²) in [6.07, 6.45) is 7.55. The van der Waals surface area contributed by atoms with Crippen LogP contribution in [-0.4, -0.2) is 33.1 Å². The average Bonchev–Trinajstić information content (AvgIpc) is 3.18. The Bertz CT molecular complexity index is 1200. The molecule has 33 heavy (non-hydrogen) atoms. The Morgan fingerprint density at radius 2 is 1.73 bits per heavy atom. The van der Waals surface area contributed by atoms with Crippen molar-refractivity contribution in [3.05, 3.63) is 51.6 Å². The van der Waals surface area contributed by atoms with Gasteiger partial charge in [0, 0.05) is 16.9 Å². The number of phenols is 1. The molecule has 4 rings (SSSR count). The Labute approximate surface area is 200 Å². The summed E-state index contributed by atoms with van der Waals surface area (Å²) >= 11 is 12.8. The number of H-pyrrole nitrogens is 1. The fourth-order valence-electron chi connectivity index (χ4n) is 4.14. The van der Waals surface area contributed by atoms with Crippen LogP contribution < -0.4 is 10.1 Å². The first-order valence-electron chi connectivity index (χ1n) is 10.9. The molecule has 1 fully saturated rings. The van der Waals surface area contributed by atoms with Gasteiger partial charge in [0.05, 0.1) is 15.6 Å². The average molecular weight is 491 g/mol. The van der Waals surface area contributed by atoms with E-state index in [4.69, 9.17) is 27.9 Å². The third-order valence-electron chi connectivity index (χ3n) is 5.88. The van der Waals surface area contributed by atoms with Crippen LogP contribution in [0.5, 0.6) is 17.2 Å². The smallest absolute Gasteiger partial charge is 0.352 e. The molecule has 0 aliphatic heterocycles. The minimum atomic E-state index is -1.13. The summed E-state index contributed by atoms with van der Waals surface area (Å²) in [5, 5.41) is 23.3. The number of hydrogen-bond donors (Lipinski definition) is 4. The maximum Gasteiger partial charge on any atom is 0.352 e. The Hall–Kier alpha value is -2.90. The quantitative estimate of drug-likeness (QED) is 0.325. The predicted molar refractivity (Wildman–Crippen MR) is 127 cm³/mol. The highest BCUT2D eigenvalue weighted by molar-refractivity contribution is 6.41. The maximum absolute atomic E-state index is 12.9. The van der Waals surface area contributed by atoms with Crippen LogP contribution in [0, 0.1) is 0 Å². The highest BCUT2D eigenvalue weighted by Crippen LogP contribution is 2.42. The number of carboxylic acids is 1. The van der Waals surface area contributed by atoms with Crippen molar-refractivity contribution < 1.29 is 24.5 Å². The molecule has 3 aromatic rings. The molecule has 0 radical (unpaired) electrons. The number of rotatable bonds is 5. The second-order valence-electron chi connectivity index (χ2n) is 8.25. The van der Waals surface area contributed by atoms with Crippen LogP contribution in [0.1, 0.15) is 65.8 Å². The van der Waals surface area contributed by atoms with Gasteiger partial charge in [-0.05, 0) is 43.2 Å². The number of aromatic nitrogens is 1. The van der Waals surface area contributed by atoms with E-state index in [1.54, 1.807) is 0 Å². The van der Waals surface area contributed by atoms with E-state index in [-0.39, 0.29) is 50.5 Å². The largest absolute Gasteiger partial charge is 0.507 e. The monoisotopic (exact) mass is 490 g/mol. The zero-order valence-corrected chi connectivity index (χ0v) is 19.3. The number of carbonyl (C=O) groups is 2. The van der Waals surface area contributed by atoms with Crippen molar-refractivity contribution in [3.8, 4) is 17.2 Å².